The molecule has 1 N–H and O–H groups in total. The highest BCUT2D eigenvalue weighted by Crippen LogP contribution is 2.19. The summed E-state index contributed by atoms with van der Waals surface area (Å²) in [6, 6.07) is 15.2. The minimum absolute atomic E-state index is 0.132. The maximum Gasteiger partial charge on any atom is 0.348 e. The van der Waals surface area contributed by atoms with Crippen LogP contribution in [0.3, 0.4) is 0 Å². The fourth-order valence-electron chi connectivity index (χ4n) is 1.96. The highest BCUT2D eigenvalue weighted by Gasteiger charge is 2.11. The van der Waals surface area contributed by atoms with E-state index in [1.165, 1.54) is 13.2 Å². The zero-order valence-electron chi connectivity index (χ0n) is 12.7. The van der Waals surface area contributed by atoms with Crippen LogP contribution in [0.5, 0.6) is 0 Å². The first-order valence-electron chi connectivity index (χ1n) is 6.91. The smallest absolute Gasteiger partial charge is 0.348 e. The van der Waals surface area contributed by atoms with Crippen LogP contribution >= 0.6 is 11.6 Å². The number of methoxy groups -OCH3 is 1. The second kappa shape index (κ2) is 7.95. The Morgan fingerprint density at radius 2 is 1.96 bits per heavy atom. The summed E-state index contributed by atoms with van der Waals surface area (Å²) in [4.78, 5) is 23.7. The van der Waals surface area contributed by atoms with Crippen LogP contribution in [0, 0.1) is 11.3 Å². The van der Waals surface area contributed by atoms with Crippen molar-refractivity contribution >= 4 is 35.2 Å². The number of hydrogen-bond acceptors (Lipinski definition) is 4. The van der Waals surface area contributed by atoms with Gasteiger partial charge in [-0.3, -0.25) is 4.79 Å². The van der Waals surface area contributed by atoms with E-state index in [-0.39, 0.29) is 11.5 Å². The van der Waals surface area contributed by atoms with E-state index in [2.05, 4.69) is 10.1 Å². The van der Waals surface area contributed by atoms with Crippen molar-refractivity contribution in [2.45, 2.75) is 0 Å². The molecule has 0 spiro atoms. The van der Waals surface area contributed by atoms with Gasteiger partial charge in [0.15, 0.2) is 0 Å². The number of hydrogen-bond donors (Lipinski definition) is 1. The van der Waals surface area contributed by atoms with Crippen LogP contribution in [0.1, 0.15) is 15.9 Å². The number of rotatable bonds is 4. The van der Waals surface area contributed by atoms with Crippen molar-refractivity contribution in [3.05, 3.63) is 70.3 Å². The number of carbonyl (C=O) groups is 2. The van der Waals surface area contributed by atoms with Crippen LogP contribution < -0.4 is 5.32 Å². The predicted octanol–water partition coefficient (Wildman–Crippen LogP) is 3.67. The van der Waals surface area contributed by atoms with E-state index in [9.17, 15) is 9.59 Å². The largest absolute Gasteiger partial charge is 0.465 e. The highest BCUT2D eigenvalue weighted by atomic mass is 35.5. The Morgan fingerprint density at radius 1 is 1.21 bits per heavy atom. The molecule has 0 aliphatic heterocycles. The summed E-state index contributed by atoms with van der Waals surface area (Å²) in [5.41, 5.74) is 1.31. The monoisotopic (exact) mass is 340 g/mol. The second-order valence-electron chi connectivity index (χ2n) is 4.72. The topological polar surface area (TPSA) is 79.2 Å². The number of halogens is 1. The summed E-state index contributed by atoms with van der Waals surface area (Å²) in [5, 5.41) is 12.1. The number of nitrogens with zero attached hydrogens (tertiary/aromatic N) is 1. The first-order chi connectivity index (χ1) is 11.5. The van der Waals surface area contributed by atoms with Crippen LogP contribution in [0.2, 0.25) is 5.02 Å². The van der Waals surface area contributed by atoms with Crippen LogP contribution in [0.15, 0.2) is 54.1 Å². The van der Waals surface area contributed by atoms with Gasteiger partial charge in [-0.1, -0.05) is 35.9 Å². The molecule has 0 saturated heterocycles. The third-order valence-electron chi connectivity index (χ3n) is 3.10. The Balaban J connectivity index is 2.24. The molecule has 120 valence electrons. The fraction of sp³-hybridized carbons (Fsp3) is 0.0556. The third-order valence-corrected chi connectivity index (χ3v) is 3.43. The number of anilines is 1. The number of carbonyl (C=O) groups excluding carboxylic acids is 2. The quantitative estimate of drug-likeness (QED) is 0.523. The van der Waals surface area contributed by atoms with Gasteiger partial charge >= 0.3 is 5.97 Å². The molecule has 0 radical (unpaired) electrons. The Morgan fingerprint density at radius 3 is 2.62 bits per heavy atom. The second-order valence-corrected chi connectivity index (χ2v) is 5.13. The SMILES string of the molecule is COC(=O)/C(C#N)=C/c1cccc(NC(=O)c2ccccc2Cl)c1. The molecule has 0 aliphatic carbocycles. The Hall–Kier alpha value is -3.10. The van der Waals surface area contributed by atoms with Crippen molar-refractivity contribution in [2.75, 3.05) is 12.4 Å². The van der Waals surface area contributed by atoms with Crippen molar-refractivity contribution in [1.29, 1.82) is 5.26 Å². The number of esters is 1. The highest BCUT2D eigenvalue weighted by molar-refractivity contribution is 6.34. The third kappa shape index (κ3) is 4.22. The van der Waals surface area contributed by atoms with E-state index in [1.807, 2.05) is 0 Å². The first-order valence-corrected chi connectivity index (χ1v) is 7.29. The molecular formula is C18H13ClN2O3. The Bertz CT molecular complexity index is 853. The van der Waals surface area contributed by atoms with Gasteiger partial charge in [0.1, 0.15) is 11.6 Å². The molecule has 5 nitrogen and oxygen atoms in total. The molecule has 0 unspecified atom stereocenters. The lowest BCUT2D eigenvalue weighted by Gasteiger charge is -2.07. The maximum atomic E-state index is 12.2. The van der Waals surface area contributed by atoms with E-state index in [4.69, 9.17) is 16.9 Å². The molecule has 2 aromatic carbocycles. The molecule has 0 aliphatic rings. The maximum absolute atomic E-state index is 12.2. The summed E-state index contributed by atoms with van der Waals surface area (Å²) in [6.45, 7) is 0. The molecule has 24 heavy (non-hydrogen) atoms. The van der Waals surface area contributed by atoms with E-state index in [0.29, 0.717) is 21.8 Å². The van der Waals surface area contributed by atoms with Gasteiger partial charge in [-0.05, 0) is 35.9 Å². The van der Waals surface area contributed by atoms with Crippen molar-refractivity contribution in [2.24, 2.45) is 0 Å². The fourth-order valence-corrected chi connectivity index (χ4v) is 2.19. The Kier molecular flexibility index (Phi) is 5.72. The van der Waals surface area contributed by atoms with Crippen molar-refractivity contribution < 1.29 is 14.3 Å². The lowest BCUT2D eigenvalue weighted by atomic mass is 10.1. The van der Waals surface area contributed by atoms with Crippen molar-refractivity contribution in [3.63, 3.8) is 0 Å². The minimum Gasteiger partial charge on any atom is -0.465 e. The van der Waals surface area contributed by atoms with Gasteiger partial charge in [0.2, 0.25) is 0 Å². The van der Waals surface area contributed by atoms with Crippen molar-refractivity contribution in [1.82, 2.24) is 0 Å². The van der Waals surface area contributed by atoms with E-state index in [0.717, 1.165) is 0 Å². The molecular weight excluding hydrogens is 328 g/mol. The normalized spacial score (nSPS) is 10.6. The molecule has 0 atom stereocenters. The van der Waals surface area contributed by atoms with Gasteiger partial charge in [0, 0.05) is 5.69 Å². The van der Waals surface area contributed by atoms with Gasteiger partial charge in [-0.15, -0.1) is 0 Å². The number of ether oxygens (including phenoxy) is 1. The van der Waals surface area contributed by atoms with Gasteiger partial charge in [0.05, 0.1) is 17.7 Å². The average Bonchev–Trinajstić information content (AvgIpc) is 2.59. The van der Waals surface area contributed by atoms with E-state index < -0.39 is 5.97 Å². The molecule has 1 amide bonds. The first kappa shape index (κ1) is 17.3. The number of benzene rings is 2. The summed E-state index contributed by atoms with van der Waals surface area (Å²) in [5.74, 6) is -1.07. The number of amides is 1. The summed E-state index contributed by atoms with van der Waals surface area (Å²) in [7, 11) is 1.20. The molecule has 2 rings (SSSR count). The van der Waals surface area contributed by atoms with Crippen molar-refractivity contribution in [3.8, 4) is 6.07 Å². The van der Waals surface area contributed by atoms with E-state index >= 15 is 0 Å². The zero-order valence-corrected chi connectivity index (χ0v) is 13.5. The van der Waals surface area contributed by atoms with Gasteiger partial charge in [-0.2, -0.15) is 5.26 Å². The molecule has 6 heteroatoms. The van der Waals surface area contributed by atoms with Crippen LogP contribution in [-0.2, 0) is 9.53 Å². The lowest BCUT2D eigenvalue weighted by molar-refractivity contribution is -0.135. The van der Waals surface area contributed by atoms with Crippen LogP contribution in [0.4, 0.5) is 5.69 Å². The minimum atomic E-state index is -0.719. The standard InChI is InChI=1S/C18H13ClN2O3/c1-24-18(23)13(11-20)9-12-5-4-6-14(10-12)21-17(22)15-7-2-3-8-16(15)19/h2-10H,1H3,(H,21,22)/b13-9+. The summed E-state index contributed by atoms with van der Waals surface area (Å²) < 4.78 is 4.53. The molecule has 0 heterocycles. The number of nitriles is 1. The zero-order chi connectivity index (χ0) is 17.5. The predicted molar refractivity (Wildman–Crippen MR) is 91.5 cm³/mol. The molecule has 0 fully saturated rings. The lowest BCUT2D eigenvalue weighted by Crippen LogP contribution is -2.12. The molecule has 0 saturated carbocycles. The van der Waals surface area contributed by atoms with Crippen LogP contribution in [0.25, 0.3) is 6.08 Å². The van der Waals surface area contributed by atoms with Gasteiger partial charge in [0.25, 0.3) is 5.91 Å². The molecule has 0 aromatic heterocycles. The van der Waals surface area contributed by atoms with Crippen LogP contribution in [-0.4, -0.2) is 19.0 Å². The number of nitrogens with one attached hydrogen (secondary N) is 1. The summed E-state index contributed by atoms with van der Waals surface area (Å²) >= 11 is 6.00. The summed E-state index contributed by atoms with van der Waals surface area (Å²) in [6.07, 6.45) is 1.39. The van der Waals surface area contributed by atoms with E-state index in [1.54, 1.807) is 54.6 Å². The Labute approximate surface area is 144 Å². The van der Waals surface area contributed by atoms with Gasteiger partial charge in [-0.25, -0.2) is 4.79 Å². The average molecular weight is 341 g/mol. The molecule has 0 bridgehead atoms. The molecule has 2 aromatic rings. The van der Waals surface area contributed by atoms with Gasteiger partial charge < -0.3 is 10.1 Å².